The topological polar surface area (TPSA) is 30.2 Å². The van der Waals surface area contributed by atoms with E-state index in [2.05, 4.69) is 4.42 Å². The molecule has 0 aliphatic carbocycles. The third kappa shape index (κ3) is 2.37. The van der Waals surface area contributed by atoms with Crippen LogP contribution in [0.5, 0.6) is 0 Å². The first kappa shape index (κ1) is 12.3. The van der Waals surface area contributed by atoms with Crippen molar-refractivity contribution in [1.82, 2.24) is 0 Å². The lowest BCUT2D eigenvalue weighted by atomic mass is 10.2. The van der Waals surface area contributed by atoms with Crippen LogP contribution in [0.2, 0.25) is 0 Å². The molecule has 0 spiro atoms. The summed E-state index contributed by atoms with van der Waals surface area (Å²) >= 11 is 0. The summed E-state index contributed by atoms with van der Waals surface area (Å²) in [5.41, 5.74) is -0.275. The third-order valence-corrected chi connectivity index (χ3v) is 1.60. The molecular weight excluding hydrogens is 202 g/mol. The van der Waals surface area contributed by atoms with Crippen LogP contribution in [0.3, 0.4) is 0 Å². The van der Waals surface area contributed by atoms with Crippen LogP contribution in [0.1, 0.15) is 0 Å². The van der Waals surface area contributed by atoms with E-state index in [1.807, 2.05) is 18.2 Å². The van der Waals surface area contributed by atoms with Crippen molar-refractivity contribution in [2.45, 2.75) is 0 Å². The van der Waals surface area contributed by atoms with Crippen LogP contribution in [0.25, 0.3) is 10.8 Å². The molecule has 0 aliphatic rings. The fourth-order valence-corrected chi connectivity index (χ4v) is 1.06. The van der Waals surface area contributed by atoms with Crippen molar-refractivity contribution in [3.8, 4) is 0 Å². The highest BCUT2D eigenvalue weighted by atomic mass is 31.0. The van der Waals surface area contributed by atoms with E-state index in [-0.39, 0.29) is 25.4 Å². The largest absolute Gasteiger partial charge is 0.431 e. The molecule has 0 saturated heterocycles. The lowest BCUT2D eigenvalue weighted by Gasteiger charge is -1.91. The Morgan fingerprint density at radius 2 is 1.69 bits per heavy atom. The molecule has 0 N–H and O–H groups in total. The number of fused-ring (bicyclic) bond motifs is 1. The van der Waals surface area contributed by atoms with E-state index in [0.29, 0.717) is 5.39 Å². The van der Waals surface area contributed by atoms with E-state index in [1.54, 1.807) is 12.1 Å². The zero-order chi connectivity index (χ0) is 7.68. The van der Waals surface area contributed by atoms with E-state index in [0.717, 1.165) is 5.39 Å². The molecule has 13 heavy (non-hydrogen) atoms. The van der Waals surface area contributed by atoms with Gasteiger partial charge in [0.2, 0.25) is 0 Å². The Hall–Kier alpha value is -0.710. The first-order valence-electron chi connectivity index (χ1n) is 3.34. The van der Waals surface area contributed by atoms with Crippen molar-refractivity contribution in [3.05, 3.63) is 47.0 Å². The molecule has 2 rings (SSSR count). The summed E-state index contributed by atoms with van der Waals surface area (Å²) in [7, 11) is 0. The van der Waals surface area contributed by atoms with Gasteiger partial charge in [0.1, 0.15) is 0 Å². The maximum Gasteiger partial charge on any atom is 0.343 e. The van der Waals surface area contributed by atoms with Crippen LogP contribution < -0.4 is 5.63 Å². The minimum atomic E-state index is -0.275. The molecule has 1 aromatic heterocycles. The van der Waals surface area contributed by atoms with Crippen molar-refractivity contribution >= 4 is 30.6 Å². The molecular formula is C9H12O2P2. The minimum absolute atomic E-state index is 0. The molecule has 0 fully saturated rings. The molecule has 70 valence electrons. The number of rotatable bonds is 0. The average Bonchev–Trinajstić information content (AvgIpc) is 2.06. The van der Waals surface area contributed by atoms with Crippen molar-refractivity contribution in [1.29, 1.82) is 0 Å². The van der Waals surface area contributed by atoms with E-state index >= 15 is 0 Å². The fraction of sp³-hybridized carbons (Fsp3) is 0. The number of hydrogen-bond donors (Lipinski definition) is 0. The van der Waals surface area contributed by atoms with Crippen molar-refractivity contribution in [2.24, 2.45) is 0 Å². The molecule has 0 radical (unpaired) electrons. The molecule has 2 nitrogen and oxygen atoms in total. The molecule has 2 atom stereocenters. The predicted molar refractivity (Wildman–Crippen MR) is 64.7 cm³/mol. The van der Waals surface area contributed by atoms with E-state index in [1.165, 1.54) is 6.26 Å². The fourth-order valence-electron chi connectivity index (χ4n) is 1.06. The molecule has 0 saturated carbocycles. The van der Waals surface area contributed by atoms with Gasteiger partial charge >= 0.3 is 5.63 Å². The highest BCUT2D eigenvalue weighted by molar-refractivity contribution is 6.92. The zero-order valence-electron chi connectivity index (χ0n) is 7.19. The average molecular weight is 214 g/mol. The number of hydrogen-bond acceptors (Lipinski definition) is 2. The highest BCUT2D eigenvalue weighted by Crippen LogP contribution is 2.06. The Balaban J connectivity index is 0.000000720. The molecule has 2 aromatic rings. The summed E-state index contributed by atoms with van der Waals surface area (Å²) in [6, 6.07) is 9.12. The summed E-state index contributed by atoms with van der Waals surface area (Å²) in [5, 5.41) is 1.55. The summed E-state index contributed by atoms with van der Waals surface area (Å²) in [5.74, 6) is 0. The van der Waals surface area contributed by atoms with Gasteiger partial charge < -0.3 is 4.42 Å². The second-order valence-corrected chi connectivity index (χ2v) is 2.30. The van der Waals surface area contributed by atoms with Crippen molar-refractivity contribution in [2.75, 3.05) is 0 Å². The Morgan fingerprint density at radius 1 is 1.00 bits per heavy atom. The standard InChI is InChI=1S/C9H6O2.2H3P/c10-9-8-4-2-1-3-7(8)5-6-11-9;;/h1-6H;2*1H3. The minimum Gasteiger partial charge on any atom is -0.431 e. The maximum atomic E-state index is 11.0. The lowest BCUT2D eigenvalue weighted by molar-refractivity contribution is 0.519. The van der Waals surface area contributed by atoms with E-state index < -0.39 is 0 Å². The van der Waals surface area contributed by atoms with Gasteiger partial charge in [0, 0.05) is 0 Å². The van der Waals surface area contributed by atoms with Crippen molar-refractivity contribution < 1.29 is 4.42 Å². The first-order chi connectivity index (χ1) is 5.38. The van der Waals surface area contributed by atoms with Gasteiger partial charge in [-0.1, -0.05) is 18.2 Å². The Labute approximate surface area is 82.6 Å². The Bertz CT molecular complexity index is 431. The smallest absolute Gasteiger partial charge is 0.343 e. The molecule has 2 unspecified atom stereocenters. The van der Waals surface area contributed by atoms with Gasteiger partial charge in [0.15, 0.2) is 0 Å². The summed E-state index contributed by atoms with van der Waals surface area (Å²) in [6.07, 6.45) is 1.41. The van der Waals surface area contributed by atoms with Crippen LogP contribution in [-0.2, 0) is 0 Å². The van der Waals surface area contributed by atoms with E-state index in [4.69, 9.17) is 0 Å². The summed E-state index contributed by atoms with van der Waals surface area (Å²) in [4.78, 5) is 11.0. The summed E-state index contributed by atoms with van der Waals surface area (Å²) < 4.78 is 4.68. The molecule has 4 heteroatoms. The third-order valence-electron chi connectivity index (χ3n) is 1.60. The second kappa shape index (κ2) is 5.11. The van der Waals surface area contributed by atoms with Gasteiger partial charge in [-0.2, -0.15) is 19.8 Å². The van der Waals surface area contributed by atoms with E-state index in [9.17, 15) is 4.79 Å². The Morgan fingerprint density at radius 3 is 2.38 bits per heavy atom. The summed E-state index contributed by atoms with van der Waals surface area (Å²) in [6.45, 7) is 0. The molecule has 0 bridgehead atoms. The van der Waals surface area contributed by atoms with Gasteiger partial charge in [0.25, 0.3) is 0 Å². The Kier molecular flexibility index (Phi) is 4.83. The van der Waals surface area contributed by atoms with Gasteiger partial charge in [-0.25, -0.2) is 4.79 Å². The SMILES string of the molecule is O=c1occc2ccccc12.P.P. The molecule has 0 amide bonds. The van der Waals surface area contributed by atoms with Crippen LogP contribution >= 0.6 is 19.8 Å². The predicted octanol–water partition coefficient (Wildman–Crippen LogP) is 1.91. The molecule has 1 heterocycles. The van der Waals surface area contributed by atoms with Gasteiger partial charge in [-0.05, 0) is 17.5 Å². The van der Waals surface area contributed by atoms with Gasteiger partial charge in [-0.15, -0.1) is 0 Å². The van der Waals surface area contributed by atoms with Crippen LogP contribution in [-0.4, -0.2) is 0 Å². The monoisotopic (exact) mass is 214 g/mol. The maximum absolute atomic E-state index is 11.0. The first-order valence-corrected chi connectivity index (χ1v) is 3.34. The van der Waals surface area contributed by atoms with Crippen molar-refractivity contribution in [3.63, 3.8) is 0 Å². The van der Waals surface area contributed by atoms with Gasteiger partial charge in [0.05, 0.1) is 11.6 Å². The zero-order valence-corrected chi connectivity index (χ0v) is 10.0. The van der Waals surface area contributed by atoms with Crippen LogP contribution in [0.15, 0.2) is 45.8 Å². The normalized spacial score (nSPS) is 8.62. The lowest BCUT2D eigenvalue weighted by Crippen LogP contribution is -1.96. The number of benzene rings is 1. The van der Waals surface area contributed by atoms with Gasteiger partial charge in [-0.3, -0.25) is 0 Å². The quantitative estimate of drug-likeness (QED) is 0.627. The van der Waals surface area contributed by atoms with Crippen LogP contribution in [0.4, 0.5) is 0 Å². The molecule has 0 aliphatic heterocycles. The highest BCUT2D eigenvalue weighted by Gasteiger charge is 1.94. The molecule has 1 aromatic carbocycles. The van der Waals surface area contributed by atoms with Crippen LogP contribution in [0, 0.1) is 0 Å². The second-order valence-electron chi connectivity index (χ2n) is 2.30.